The third-order valence-corrected chi connectivity index (χ3v) is 2.32. The number of likely N-dealkylation sites (N-methyl/N-ethyl adjacent to an activating group) is 2. The van der Waals surface area contributed by atoms with Gasteiger partial charge in [0.25, 0.3) is 0 Å². The van der Waals surface area contributed by atoms with Gasteiger partial charge in [-0.05, 0) is 26.0 Å². The van der Waals surface area contributed by atoms with E-state index in [1.54, 1.807) is 0 Å². The first-order valence-electron chi connectivity index (χ1n) is 5.11. The first-order chi connectivity index (χ1) is 6.76. The quantitative estimate of drug-likeness (QED) is 0.641. The molecule has 1 aliphatic carbocycles. The fraction of sp³-hybridized carbons (Fsp3) is 0.545. The second kappa shape index (κ2) is 4.96. The molecule has 3 nitrogen and oxygen atoms in total. The number of rotatable bonds is 5. The lowest BCUT2D eigenvalue weighted by atomic mass is 9.92. The highest BCUT2D eigenvalue weighted by Crippen LogP contribution is 2.17. The Bertz CT molecular complexity index is 258. The SMILES string of the molecule is CCNC1=CCC(C=O)(NCC)C=C1. The average molecular weight is 194 g/mol. The lowest BCUT2D eigenvalue weighted by molar-refractivity contribution is -0.111. The summed E-state index contributed by atoms with van der Waals surface area (Å²) in [6.07, 6.45) is 7.65. The summed E-state index contributed by atoms with van der Waals surface area (Å²) in [6.45, 7) is 5.77. The van der Waals surface area contributed by atoms with Crippen LogP contribution < -0.4 is 10.6 Å². The molecule has 78 valence electrons. The molecule has 0 aliphatic heterocycles. The standard InChI is InChI=1S/C11H18N2O/c1-3-12-10-5-7-11(9-14,8-6-10)13-4-2/h5-7,9,12-13H,3-4,8H2,1-2H3. The van der Waals surface area contributed by atoms with Crippen molar-refractivity contribution >= 4 is 6.29 Å². The summed E-state index contributed by atoms with van der Waals surface area (Å²) in [5.74, 6) is 0. The van der Waals surface area contributed by atoms with Gasteiger partial charge in [-0.15, -0.1) is 0 Å². The molecule has 0 aromatic rings. The lowest BCUT2D eigenvalue weighted by Crippen LogP contribution is -2.45. The van der Waals surface area contributed by atoms with E-state index in [1.807, 2.05) is 19.1 Å². The van der Waals surface area contributed by atoms with Crippen molar-refractivity contribution in [2.75, 3.05) is 13.1 Å². The van der Waals surface area contributed by atoms with E-state index >= 15 is 0 Å². The molecule has 0 amide bonds. The van der Waals surface area contributed by atoms with Gasteiger partial charge in [0.15, 0.2) is 0 Å². The molecular formula is C11H18N2O. The zero-order chi connectivity index (χ0) is 10.4. The third-order valence-electron chi connectivity index (χ3n) is 2.32. The Balaban J connectivity index is 2.64. The van der Waals surface area contributed by atoms with E-state index in [2.05, 4.69) is 23.6 Å². The van der Waals surface area contributed by atoms with Crippen molar-refractivity contribution in [1.29, 1.82) is 0 Å². The Morgan fingerprint density at radius 3 is 2.71 bits per heavy atom. The van der Waals surface area contributed by atoms with Gasteiger partial charge in [-0.2, -0.15) is 0 Å². The molecule has 0 saturated heterocycles. The summed E-state index contributed by atoms with van der Waals surface area (Å²) in [5.41, 5.74) is 0.621. The van der Waals surface area contributed by atoms with E-state index < -0.39 is 5.54 Å². The number of nitrogens with one attached hydrogen (secondary N) is 2. The van der Waals surface area contributed by atoms with Crippen LogP contribution in [0.15, 0.2) is 23.9 Å². The van der Waals surface area contributed by atoms with Crippen molar-refractivity contribution in [1.82, 2.24) is 10.6 Å². The fourth-order valence-electron chi connectivity index (χ4n) is 1.58. The molecular weight excluding hydrogens is 176 g/mol. The minimum Gasteiger partial charge on any atom is -0.386 e. The summed E-state index contributed by atoms with van der Waals surface area (Å²) >= 11 is 0. The number of carbonyl (C=O) groups excluding carboxylic acids is 1. The fourth-order valence-corrected chi connectivity index (χ4v) is 1.58. The molecule has 0 radical (unpaired) electrons. The maximum Gasteiger partial charge on any atom is 0.144 e. The van der Waals surface area contributed by atoms with Crippen molar-refractivity contribution < 1.29 is 4.79 Å². The maximum atomic E-state index is 11.0. The van der Waals surface area contributed by atoms with E-state index in [-0.39, 0.29) is 0 Å². The van der Waals surface area contributed by atoms with E-state index in [4.69, 9.17) is 0 Å². The van der Waals surface area contributed by atoms with Crippen molar-refractivity contribution in [2.45, 2.75) is 25.8 Å². The van der Waals surface area contributed by atoms with Crippen LogP contribution in [0.25, 0.3) is 0 Å². The molecule has 1 aliphatic rings. The molecule has 0 fully saturated rings. The van der Waals surface area contributed by atoms with Gasteiger partial charge in [0.2, 0.25) is 0 Å². The van der Waals surface area contributed by atoms with Crippen LogP contribution in [0.2, 0.25) is 0 Å². The van der Waals surface area contributed by atoms with Crippen LogP contribution in [0.4, 0.5) is 0 Å². The second-order valence-corrected chi connectivity index (χ2v) is 3.42. The van der Waals surface area contributed by atoms with E-state index in [1.165, 1.54) is 0 Å². The van der Waals surface area contributed by atoms with Gasteiger partial charge in [-0.1, -0.05) is 19.1 Å². The van der Waals surface area contributed by atoms with Crippen LogP contribution in [0.3, 0.4) is 0 Å². The molecule has 2 N–H and O–H groups in total. The minimum atomic E-state index is -0.479. The highest BCUT2D eigenvalue weighted by atomic mass is 16.1. The van der Waals surface area contributed by atoms with Crippen molar-refractivity contribution in [2.24, 2.45) is 0 Å². The summed E-state index contributed by atoms with van der Waals surface area (Å²) < 4.78 is 0. The van der Waals surface area contributed by atoms with Crippen LogP contribution in [0, 0.1) is 0 Å². The first-order valence-corrected chi connectivity index (χ1v) is 5.11. The Morgan fingerprint density at radius 2 is 2.29 bits per heavy atom. The topological polar surface area (TPSA) is 41.1 Å². The first kappa shape index (κ1) is 11.0. The molecule has 0 bridgehead atoms. The predicted octanol–water partition coefficient (Wildman–Crippen LogP) is 0.987. The molecule has 0 spiro atoms. The van der Waals surface area contributed by atoms with Gasteiger partial charge < -0.3 is 15.4 Å². The van der Waals surface area contributed by atoms with E-state index in [0.29, 0.717) is 0 Å². The number of hydrogen-bond acceptors (Lipinski definition) is 3. The smallest absolute Gasteiger partial charge is 0.144 e. The van der Waals surface area contributed by atoms with Gasteiger partial charge in [0, 0.05) is 12.2 Å². The van der Waals surface area contributed by atoms with Crippen LogP contribution in [-0.4, -0.2) is 24.9 Å². The second-order valence-electron chi connectivity index (χ2n) is 3.42. The molecule has 0 heterocycles. The molecule has 14 heavy (non-hydrogen) atoms. The molecule has 1 atom stereocenters. The zero-order valence-corrected chi connectivity index (χ0v) is 8.84. The largest absolute Gasteiger partial charge is 0.386 e. The maximum absolute atomic E-state index is 11.0. The zero-order valence-electron chi connectivity index (χ0n) is 8.84. The molecule has 1 rings (SSSR count). The Kier molecular flexibility index (Phi) is 3.89. The minimum absolute atomic E-state index is 0.479. The summed E-state index contributed by atoms with van der Waals surface area (Å²) in [4.78, 5) is 11.0. The van der Waals surface area contributed by atoms with Crippen LogP contribution in [0.1, 0.15) is 20.3 Å². The van der Waals surface area contributed by atoms with Gasteiger partial charge in [0.1, 0.15) is 6.29 Å². The summed E-state index contributed by atoms with van der Waals surface area (Å²) in [6, 6.07) is 0. The average Bonchev–Trinajstić information content (AvgIpc) is 2.22. The Labute approximate surface area is 85.3 Å². The van der Waals surface area contributed by atoms with Crippen LogP contribution >= 0.6 is 0 Å². The molecule has 1 unspecified atom stereocenters. The Hall–Kier alpha value is -1.09. The van der Waals surface area contributed by atoms with Crippen molar-refractivity contribution in [3.05, 3.63) is 23.9 Å². The Morgan fingerprint density at radius 1 is 1.50 bits per heavy atom. The van der Waals surface area contributed by atoms with Gasteiger partial charge in [-0.25, -0.2) is 0 Å². The molecule has 0 aromatic carbocycles. The van der Waals surface area contributed by atoms with Crippen LogP contribution in [-0.2, 0) is 4.79 Å². The molecule has 3 heteroatoms. The lowest BCUT2D eigenvalue weighted by Gasteiger charge is -2.27. The predicted molar refractivity (Wildman–Crippen MR) is 58.0 cm³/mol. The van der Waals surface area contributed by atoms with Gasteiger partial charge in [-0.3, -0.25) is 0 Å². The van der Waals surface area contributed by atoms with E-state index in [9.17, 15) is 4.79 Å². The number of hydrogen-bond donors (Lipinski definition) is 2. The number of allylic oxidation sites excluding steroid dienone is 1. The van der Waals surface area contributed by atoms with Crippen LogP contribution in [0.5, 0.6) is 0 Å². The molecule has 0 aromatic heterocycles. The highest BCUT2D eigenvalue weighted by Gasteiger charge is 2.26. The monoisotopic (exact) mass is 194 g/mol. The number of aldehydes is 1. The van der Waals surface area contributed by atoms with Gasteiger partial charge >= 0.3 is 0 Å². The van der Waals surface area contributed by atoms with E-state index in [0.717, 1.165) is 31.5 Å². The normalized spacial score (nSPS) is 25.7. The summed E-state index contributed by atoms with van der Waals surface area (Å²) in [5, 5.41) is 6.40. The molecule has 0 saturated carbocycles. The summed E-state index contributed by atoms with van der Waals surface area (Å²) in [7, 11) is 0. The van der Waals surface area contributed by atoms with Gasteiger partial charge in [0.05, 0.1) is 5.54 Å². The van der Waals surface area contributed by atoms with Crippen molar-refractivity contribution in [3.8, 4) is 0 Å². The highest BCUT2D eigenvalue weighted by molar-refractivity contribution is 5.69. The van der Waals surface area contributed by atoms with Crippen molar-refractivity contribution in [3.63, 3.8) is 0 Å². The number of carbonyl (C=O) groups is 1. The third kappa shape index (κ3) is 2.45.